The first-order chi connectivity index (χ1) is 12.2. The molecular formula is C18H20FN3O4. The number of carbonyl (C=O) groups excluding carboxylic acids is 3. The van der Waals surface area contributed by atoms with Gasteiger partial charge in [-0.2, -0.15) is 0 Å². The average Bonchev–Trinajstić information content (AvgIpc) is 2.97. The van der Waals surface area contributed by atoms with Gasteiger partial charge in [-0.05, 0) is 30.7 Å². The monoisotopic (exact) mass is 361 g/mol. The van der Waals surface area contributed by atoms with E-state index in [2.05, 4.69) is 5.32 Å². The van der Waals surface area contributed by atoms with Crippen molar-refractivity contribution in [3.8, 4) is 0 Å². The predicted molar refractivity (Wildman–Crippen MR) is 91.8 cm³/mol. The Hall–Kier alpha value is -3.16. The third-order valence-corrected chi connectivity index (χ3v) is 4.10. The molecule has 0 bridgehead atoms. The van der Waals surface area contributed by atoms with Crippen LogP contribution in [-0.4, -0.2) is 29.5 Å². The Kier molecular flexibility index (Phi) is 5.44. The molecule has 2 aromatic rings. The number of halogens is 1. The lowest BCUT2D eigenvalue weighted by Gasteiger charge is -2.30. The Labute approximate surface area is 149 Å². The molecule has 1 atom stereocenters. The Morgan fingerprint density at radius 2 is 2.00 bits per heavy atom. The number of hydrogen-bond acceptors (Lipinski definition) is 4. The van der Waals surface area contributed by atoms with Gasteiger partial charge in [-0.25, -0.2) is 4.39 Å². The number of primary amides is 1. The number of hydrogen-bond donors (Lipinski definition) is 2. The van der Waals surface area contributed by atoms with Gasteiger partial charge in [0.05, 0.1) is 24.6 Å². The van der Waals surface area contributed by atoms with Crippen molar-refractivity contribution < 1.29 is 23.5 Å². The molecule has 1 aromatic carbocycles. The summed E-state index contributed by atoms with van der Waals surface area (Å²) in [6.07, 6.45) is 1.23. The fourth-order valence-corrected chi connectivity index (χ4v) is 2.65. The largest absolute Gasteiger partial charge is 0.469 e. The summed E-state index contributed by atoms with van der Waals surface area (Å²) in [7, 11) is 2.81. The first-order valence-electron chi connectivity index (χ1n) is 7.78. The van der Waals surface area contributed by atoms with Crippen molar-refractivity contribution in [1.82, 2.24) is 9.88 Å². The van der Waals surface area contributed by atoms with E-state index in [1.807, 2.05) is 0 Å². The molecule has 2 amide bonds. The van der Waals surface area contributed by atoms with Gasteiger partial charge in [0.15, 0.2) is 0 Å². The summed E-state index contributed by atoms with van der Waals surface area (Å²) in [6.45, 7) is 1.59. The third kappa shape index (κ3) is 4.08. The summed E-state index contributed by atoms with van der Waals surface area (Å²) in [5, 5.41) is 2.73. The zero-order chi connectivity index (χ0) is 19.5. The van der Waals surface area contributed by atoms with E-state index in [0.717, 1.165) is 0 Å². The maximum absolute atomic E-state index is 13.6. The first-order valence-corrected chi connectivity index (χ1v) is 7.78. The van der Waals surface area contributed by atoms with Crippen molar-refractivity contribution in [2.45, 2.75) is 18.9 Å². The van der Waals surface area contributed by atoms with Crippen LogP contribution in [0.1, 0.15) is 39.8 Å². The Bertz CT molecular complexity index is 862. The van der Waals surface area contributed by atoms with E-state index in [4.69, 9.17) is 10.5 Å². The van der Waals surface area contributed by atoms with Gasteiger partial charge >= 0.3 is 5.97 Å². The molecular weight excluding hydrogens is 341 g/mol. The van der Waals surface area contributed by atoms with Gasteiger partial charge in [0, 0.05) is 13.2 Å². The molecule has 0 radical (unpaired) electrons. The quantitative estimate of drug-likeness (QED) is 0.761. The molecule has 0 spiro atoms. The SMILES string of the molecule is COC(=O)C[C@@](C)(NC(=O)c1cc(C(N)=O)cn1C)c1cccc(F)c1. The lowest BCUT2D eigenvalue weighted by molar-refractivity contribution is -0.142. The topological polar surface area (TPSA) is 103 Å². The highest BCUT2D eigenvalue weighted by Crippen LogP contribution is 2.26. The molecule has 138 valence electrons. The van der Waals surface area contributed by atoms with Crippen LogP contribution in [0.25, 0.3) is 0 Å². The van der Waals surface area contributed by atoms with Crippen molar-refractivity contribution in [1.29, 1.82) is 0 Å². The lowest BCUT2D eigenvalue weighted by Crippen LogP contribution is -2.45. The molecule has 0 aliphatic heterocycles. The van der Waals surface area contributed by atoms with Crippen molar-refractivity contribution in [3.05, 3.63) is 59.2 Å². The highest BCUT2D eigenvalue weighted by Gasteiger charge is 2.33. The third-order valence-electron chi connectivity index (χ3n) is 4.10. The number of ether oxygens (including phenoxy) is 1. The van der Waals surface area contributed by atoms with Crippen LogP contribution in [0, 0.1) is 5.82 Å². The molecule has 1 aromatic heterocycles. The number of esters is 1. The van der Waals surface area contributed by atoms with Crippen LogP contribution in [0.4, 0.5) is 4.39 Å². The molecule has 2 rings (SSSR count). The van der Waals surface area contributed by atoms with Gasteiger partial charge in [0.1, 0.15) is 11.5 Å². The Morgan fingerprint density at radius 3 is 2.54 bits per heavy atom. The van der Waals surface area contributed by atoms with Crippen molar-refractivity contribution in [2.75, 3.05) is 7.11 Å². The van der Waals surface area contributed by atoms with E-state index >= 15 is 0 Å². The fraction of sp³-hybridized carbons (Fsp3) is 0.278. The zero-order valence-corrected chi connectivity index (χ0v) is 14.7. The summed E-state index contributed by atoms with van der Waals surface area (Å²) in [4.78, 5) is 35.8. The molecule has 7 nitrogen and oxygen atoms in total. The van der Waals surface area contributed by atoms with Crippen LogP contribution >= 0.6 is 0 Å². The minimum atomic E-state index is -1.22. The molecule has 26 heavy (non-hydrogen) atoms. The second kappa shape index (κ2) is 7.38. The van der Waals surface area contributed by atoms with Crippen LogP contribution < -0.4 is 11.1 Å². The summed E-state index contributed by atoms with van der Waals surface area (Å²) in [6, 6.07) is 6.94. The van der Waals surface area contributed by atoms with E-state index in [1.165, 1.54) is 42.1 Å². The summed E-state index contributed by atoms with van der Waals surface area (Å²) >= 11 is 0. The van der Waals surface area contributed by atoms with Crippen molar-refractivity contribution in [3.63, 3.8) is 0 Å². The number of aryl methyl sites for hydroxylation is 1. The number of methoxy groups -OCH3 is 1. The standard InChI is InChI=1S/C18H20FN3O4/c1-18(9-15(23)26-3,12-5-4-6-13(19)8-12)21-17(25)14-7-11(16(20)24)10-22(14)2/h4-8,10H,9H2,1-3H3,(H2,20,24)(H,21,25)/t18-/m1/s1. The van der Waals surface area contributed by atoms with Crippen LogP contribution in [0.15, 0.2) is 36.5 Å². The number of nitrogens with one attached hydrogen (secondary N) is 1. The van der Waals surface area contributed by atoms with E-state index in [-0.39, 0.29) is 17.7 Å². The fourth-order valence-electron chi connectivity index (χ4n) is 2.65. The maximum Gasteiger partial charge on any atom is 0.308 e. The number of nitrogens with zero attached hydrogens (tertiary/aromatic N) is 1. The average molecular weight is 361 g/mol. The summed E-state index contributed by atoms with van der Waals surface area (Å²) in [5.74, 6) is -2.28. The van der Waals surface area contributed by atoms with Gasteiger partial charge in [-0.15, -0.1) is 0 Å². The molecule has 8 heteroatoms. The number of nitrogens with two attached hydrogens (primary N) is 1. The highest BCUT2D eigenvalue weighted by atomic mass is 19.1. The molecule has 0 saturated carbocycles. The van der Waals surface area contributed by atoms with Gasteiger partial charge in [-0.3, -0.25) is 14.4 Å². The Morgan fingerprint density at radius 1 is 1.31 bits per heavy atom. The van der Waals surface area contributed by atoms with Crippen molar-refractivity contribution >= 4 is 17.8 Å². The predicted octanol–water partition coefficient (Wildman–Crippen LogP) is 1.47. The Balaban J connectivity index is 2.39. The molecule has 0 unspecified atom stereocenters. The van der Waals surface area contributed by atoms with Crippen LogP contribution in [0.5, 0.6) is 0 Å². The zero-order valence-electron chi connectivity index (χ0n) is 14.7. The second-order valence-electron chi connectivity index (χ2n) is 6.14. The van der Waals surface area contributed by atoms with Crippen LogP contribution in [0.3, 0.4) is 0 Å². The number of carbonyl (C=O) groups is 3. The molecule has 0 fully saturated rings. The van der Waals surface area contributed by atoms with E-state index in [9.17, 15) is 18.8 Å². The molecule has 1 heterocycles. The first kappa shape index (κ1) is 19.2. The lowest BCUT2D eigenvalue weighted by atomic mass is 9.88. The number of aromatic nitrogens is 1. The van der Waals surface area contributed by atoms with Gasteiger partial charge in [0.25, 0.3) is 5.91 Å². The molecule has 0 aliphatic rings. The van der Waals surface area contributed by atoms with Crippen LogP contribution in [-0.2, 0) is 22.1 Å². The van der Waals surface area contributed by atoms with Crippen molar-refractivity contribution in [2.24, 2.45) is 12.8 Å². The highest BCUT2D eigenvalue weighted by molar-refractivity contribution is 5.99. The van der Waals surface area contributed by atoms with Gasteiger partial charge < -0.3 is 20.4 Å². The molecule has 0 aliphatic carbocycles. The smallest absolute Gasteiger partial charge is 0.308 e. The second-order valence-corrected chi connectivity index (χ2v) is 6.14. The normalized spacial score (nSPS) is 12.9. The molecule has 3 N–H and O–H groups in total. The maximum atomic E-state index is 13.6. The summed E-state index contributed by atoms with van der Waals surface area (Å²) < 4.78 is 19.8. The van der Waals surface area contributed by atoms with Gasteiger partial charge in [-0.1, -0.05) is 12.1 Å². The minimum Gasteiger partial charge on any atom is -0.469 e. The van der Waals surface area contributed by atoms with E-state index in [1.54, 1.807) is 20.0 Å². The minimum absolute atomic E-state index is 0.172. The van der Waals surface area contributed by atoms with Gasteiger partial charge in [0.2, 0.25) is 5.91 Å². The number of rotatable bonds is 6. The van der Waals surface area contributed by atoms with Crippen LogP contribution in [0.2, 0.25) is 0 Å². The van der Waals surface area contributed by atoms with E-state index < -0.39 is 29.1 Å². The van der Waals surface area contributed by atoms with E-state index in [0.29, 0.717) is 5.56 Å². The molecule has 0 saturated heterocycles. The number of amides is 2. The number of benzene rings is 1. The summed E-state index contributed by atoms with van der Waals surface area (Å²) in [5.41, 5.74) is 4.76.